The lowest BCUT2D eigenvalue weighted by molar-refractivity contribution is -0.00000420. The van der Waals surface area contributed by atoms with Gasteiger partial charge in [-0.15, -0.1) is 11.3 Å². The van der Waals surface area contributed by atoms with Gasteiger partial charge in [-0.3, -0.25) is 15.8 Å². The third kappa shape index (κ3) is 4.79. The molecule has 118 valence electrons. The summed E-state index contributed by atoms with van der Waals surface area (Å²) in [4.78, 5) is 9.12. The van der Waals surface area contributed by atoms with Crippen molar-refractivity contribution in [3.8, 4) is 11.3 Å². The smallest absolute Gasteiger partial charge is 0.202 e. The van der Waals surface area contributed by atoms with E-state index in [0.29, 0.717) is 0 Å². The molecule has 0 radical (unpaired) electrons. The first-order valence-electron chi connectivity index (χ1n) is 7.08. The quantitative estimate of drug-likeness (QED) is 0.704. The fraction of sp³-hybridized carbons (Fsp3) is 0.333. The van der Waals surface area contributed by atoms with Crippen molar-refractivity contribution in [2.24, 2.45) is 4.99 Å². The van der Waals surface area contributed by atoms with Crippen molar-refractivity contribution in [3.63, 3.8) is 0 Å². The number of amidine groups is 1. The molecule has 1 aromatic carbocycles. The van der Waals surface area contributed by atoms with Crippen molar-refractivity contribution in [2.75, 3.05) is 12.0 Å². The molecule has 0 saturated heterocycles. The summed E-state index contributed by atoms with van der Waals surface area (Å²) in [6.07, 6.45) is 4.67. The topological polar surface area (TPSA) is 49.3 Å². The predicted molar refractivity (Wildman–Crippen MR) is 92.8 cm³/mol. The number of nitrogens with one attached hydrogen (secondary N) is 2. The van der Waals surface area contributed by atoms with Crippen LogP contribution in [-0.2, 0) is 0 Å². The van der Waals surface area contributed by atoms with Gasteiger partial charge in [0.25, 0.3) is 0 Å². The first-order valence-corrected chi connectivity index (χ1v) is 8.75. The highest BCUT2D eigenvalue weighted by Gasteiger charge is 2.06. The predicted octanol–water partition coefficient (Wildman–Crippen LogP) is 1.47. The highest BCUT2D eigenvalue weighted by Crippen LogP contribution is 2.25. The van der Waals surface area contributed by atoms with Gasteiger partial charge in [-0.1, -0.05) is 34.5 Å². The number of rotatable bonds is 3. The van der Waals surface area contributed by atoms with E-state index in [-0.39, 0.29) is 17.0 Å². The van der Waals surface area contributed by atoms with Crippen LogP contribution >= 0.6 is 27.3 Å². The molecule has 7 heteroatoms. The van der Waals surface area contributed by atoms with Gasteiger partial charge in [-0.2, -0.15) is 0 Å². The van der Waals surface area contributed by atoms with E-state index in [1.807, 2.05) is 12.1 Å². The Labute approximate surface area is 153 Å². The van der Waals surface area contributed by atoms with Crippen molar-refractivity contribution >= 4 is 38.2 Å². The van der Waals surface area contributed by atoms with Crippen LogP contribution in [0.15, 0.2) is 39.1 Å². The van der Waals surface area contributed by atoms with Gasteiger partial charge in [0.1, 0.15) is 5.84 Å². The van der Waals surface area contributed by atoms with Crippen molar-refractivity contribution in [1.29, 1.82) is 0 Å². The highest BCUT2D eigenvalue weighted by molar-refractivity contribution is 9.10. The molecule has 1 aliphatic heterocycles. The molecule has 0 aliphatic carbocycles. The van der Waals surface area contributed by atoms with Crippen molar-refractivity contribution in [2.45, 2.75) is 25.7 Å². The van der Waals surface area contributed by atoms with E-state index in [0.717, 1.165) is 39.7 Å². The van der Waals surface area contributed by atoms with Crippen LogP contribution in [0.3, 0.4) is 0 Å². The number of nitrogens with zero attached hydrogens (tertiary/aromatic N) is 2. The summed E-state index contributed by atoms with van der Waals surface area (Å²) in [6, 6.07) is 8.18. The Morgan fingerprint density at radius 2 is 1.86 bits per heavy atom. The second-order valence-corrected chi connectivity index (χ2v) is 6.71. The summed E-state index contributed by atoms with van der Waals surface area (Å²) in [7, 11) is 0. The Kier molecular flexibility index (Phi) is 6.85. The average Bonchev–Trinajstić information content (AvgIpc) is 2.81. The molecule has 0 saturated carbocycles. The Bertz CT molecular complexity index is 625. The van der Waals surface area contributed by atoms with E-state index < -0.39 is 0 Å². The van der Waals surface area contributed by atoms with Crippen molar-refractivity contribution < 1.29 is 17.0 Å². The third-order valence-corrected chi connectivity index (χ3v) is 4.62. The molecule has 0 bridgehead atoms. The van der Waals surface area contributed by atoms with E-state index in [1.165, 1.54) is 19.3 Å². The summed E-state index contributed by atoms with van der Waals surface area (Å²) in [5.41, 5.74) is 8.46. The number of thiazole rings is 1. The number of benzene rings is 1. The molecule has 0 atom stereocenters. The Hall–Kier alpha value is -0.920. The normalized spacial score (nSPS) is 14.5. The second-order valence-electron chi connectivity index (χ2n) is 4.93. The SMILES string of the molecule is Brc1ccc(-c2csc(NNC3=NCCCCC3)n2)cc1.[Br-]. The third-order valence-electron chi connectivity index (χ3n) is 3.33. The molecular weight excluding hydrogens is 428 g/mol. The monoisotopic (exact) mass is 443 g/mol. The Morgan fingerprint density at radius 3 is 2.68 bits per heavy atom. The molecule has 3 rings (SSSR count). The Morgan fingerprint density at radius 1 is 1.05 bits per heavy atom. The lowest BCUT2D eigenvalue weighted by atomic mass is 10.2. The first-order chi connectivity index (χ1) is 10.3. The van der Waals surface area contributed by atoms with E-state index in [9.17, 15) is 0 Å². The fourth-order valence-corrected chi connectivity index (χ4v) is 3.12. The zero-order valence-electron chi connectivity index (χ0n) is 12.0. The Balaban J connectivity index is 0.00000176. The van der Waals surface area contributed by atoms with Crippen LogP contribution in [0.4, 0.5) is 5.13 Å². The fourth-order valence-electron chi connectivity index (χ4n) is 2.19. The number of hydrogen-bond donors (Lipinski definition) is 2. The zero-order chi connectivity index (χ0) is 14.5. The van der Waals surface area contributed by atoms with Gasteiger partial charge < -0.3 is 17.0 Å². The molecule has 22 heavy (non-hydrogen) atoms. The summed E-state index contributed by atoms with van der Waals surface area (Å²) in [5.74, 6) is 1.04. The van der Waals surface area contributed by atoms with Gasteiger partial charge in [0.05, 0.1) is 5.69 Å². The van der Waals surface area contributed by atoms with E-state index in [2.05, 4.69) is 54.3 Å². The van der Waals surface area contributed by atoms with E-state index >= 15 is 0 Å². The number of halogens is 2. The molecule has 0 unspecified atom stereocenters. The molecule has 0 spiro atoms. The minimum atomic E-state index is 0. The van der Waals surface area contributed by atoms with Crippen molar-refractivity contribution in [1.82, 2.24) is 10.4 Å². The largest absolute Gasteiger partial charge is 1.00 e. The summed E-state index contributed by atoms with van der Waals surface area (Å²) in [5, 5.41) is 2.92. The average molecular weight is 445 g/mol. The number of hydrogen-bond acceptors (Lipinski definition) is 5. The van der Waals surface area contributed by atoms with Crippen LogP contribution < -0.4 is 27.8 Å². The van der Waals surface area contributed by atoms with Crippen LogP contribution in [0, 0.1) is 0 Å². The lowest BCUT2D eigenvalue weighted by Gasteiger charge is -2.08. The number of anilines is 1. The van der Waals surface area contributed by atoms with Gasteiger partial charge in [-0.05, 0) is 25.0 Å². The van der Waals surface area contributed by atoms with E-state index in [1.54, 1.807) is 11.3 Å². The summed E-state index contributed by atoms with van der Waals surface area (Å²) < 4.78 is 1.08. The van der Waals surface area contributed by atoms with Crippen molar-refractivity contribution in [3.05, 3.63) is 34.1 Å². The highest BCUT2D eigenvalue weighted by atomic mass is 79.9. The molecule has 2 heterocycles. The second kappa shape index (κ2) is 8.64. The van der Waals surface area contributed by atoms with Crippen LogP contribution in [0.25, 0.3) is 11.3 Å². The minimum absolute atomic E-state index is 0. The number of hydrazine groups is 1. The standard InChI is InChI=1S/C15H17BrN4S.BrH/c16-12-7-5-11(6-8-12)13-10-21-15(18-13)20-19-14-4-2-1-3-9-17-14;/h5-8,10H,1-4,9H2,(H,17,19)(H,18,20);1H/p-1. The molecule has 2 N–H and O–H groups in total. The number of aliphatic imine (C=N–C) groups is 1. The zero-order valence-corrected chi connectivity index (χ0v) is 16.0. The molecule has 0 amide bonds. The maximum absolute atomic E-state index is 4.59. The van der Waals surface area contributed by atoms with Gasteiger partial charge in [0, 0.05) is 28.4 Å². The molecule has 1 aromatic heterocycles. The molecule has 4 nitrogen and oxygen atoms in total. The summed E-state index contributed by atoms with van der Waals surface area (Å²) in [6.45, 7) is 0.923. The van der Waals surface area contributed by atoms with Gasteiger partial charge >= 0.3 is 0 Å². The maximum Gasteiger partial charge on any atom is 0.202 e. The molecule has 2 aromatic rings. The van der Waals surface area contributed by atoms with Gasteiger partial charge in [0.2, 0.25) is 5.13 Å². The van der Waals surface area contributed by atoms with Crippen LogP contribution in [0.1, 0.15) is 25.7 Å². The van der Waals surface area contributed by atoms with Crippen LogP contribution in [0.2, 0.25) is 0 Å². The van der Waals surface area contributed by atoms with Gasteiger partial charge in [-0.25, -0.2) is 4.98 Å². The van der Waals surface area contributed by atoms with Gasteiger partial charge in [0.15, 0.2) is 0 Å². The molecule has 0 fully saturated rings. The number of aromatic nitrogens is 1. The molecular formula is C15H17Br2N4S-. The van der Waals surface area contributed by atoms with E-state index in [4.69, 9.17) is 0 Å². The maximum atomic E-state index is 4.59. The first kappa shape index (κ1) is 17.4. The van der Waals surface area contributed by atoms with Crippen LogP contribution in [-0.4, -0.2) is 17.4 Å². The lowest BCUT2D eigenvalue weighted by Crippen LogP contribution is -3.00. The summed E-state index contributed by atoms with van der Waals surface area (Å²) >= 11 is 5.04. The molecule has 1 aliphatic rings. The van der Waals surface area contributed by atoms with Crippen LogP contribution in [0.5, 0.6) is 0 Å². The minimum Gasteiger partial charge on any atom is -1.00 e.